The van der Waals surface area contributed by atoms with Crippen molar-refractivity contribution in [3.8, 4) is 0 Å². The Morgan fingerprint density at radius 3 is 2.86 bits per heavy atom. The molecule has 3 rings (SSSR count). The molecule has 2 saturated heterocycles. The molecule has 6 heteroatoms. The minimum atomic E-state index is -0.234. The summed E-state index contributed by atoms with van der Waals surface area (Å²) in [6.45, 7) is 2.96. The van der Waals surface area contributed by atoms with E-state index in [1.165, 1.54) is 0 Å². The number of piperidine rings is 1. The molecule has 1 atom stereocenters. The highest BCUT2D eigenvalue weighted by Crippen LogP contribution is 2.21. The molecule has 1 aromatic heterocycles. The van der Waals surface area contributed by atoms with Crippen LogP contribution in [0.3, 0.4) is 0 Å². The SMILES string of the molecule is CN1CCC(NC(=O)C2CC(=O)N(Cc3ccco3)C2)CC1. The van der Waals surface area contributed by atoms with Crippen molar-refractivity contribution >= 4 is 11.8 Å². The minimum Gasteiger partial charge on any atom is -0.467 e. The van der Waals surface area contributed by atoms with Gasteiger partial charge in [0.25, 0.3) is 0 Å². The second-order valence-electron chi connectivity index (χ2n) is 6.34. The van der Waals surface area contributed by atoms with E-state index in [-0.39, 0.29) is 23.8 Å². The van der Waals surface area contributed by atoms with Gasteiger partial charge in [-0.25, -0.2) is 0 Å². The van der Waals surface area contributed by atoms with Crippen molar-refractivity contribution in [1.29, 1.82) is 0 Å². The molecule has 1 N–H and O–H groups in total. The summed E-state index contributed by atoms with van der Waals surface area (Å²) in [5.41, 5.74) is 0. The van der Waals surface area contributed by atoms with Crippen LogP contribution in [0.25, 0.3) is 0 Å². The third-order valence-electron chi connectivity index (χ3n) is 4.58. The Hall–Kier alpha value is -1.82. The van der Waals surface area contributed by atoms with Crippen molar-refractivity contribution in [2.24, 2.45) is 5.92 Å². The summed E-state index contributed by atoms with van der Waals surface area (Å²) in [6, 6.07) is 3.90. The number of carbonyl (C=O) groups excluding carboxylic acids is 2. The molecule has 1 unspecified atom stereocenters. The predicted octanol–water partition coefficient (Wildman–Crippen LogP) is 0.838. The van der Waals surface area contributed by atoms with Gasteiger partial charge in [0.1, 0.15) is 5.76 Å². The van der Waals surface area contributed by atoms with Crippen LogP contribution >= 0.6 is 0 Å². The van der Waals surface area contributed by atoms with Crippen molar-refractivity contribution in [2.75, 3.05) is 26.7 Å². The molecule has 2 aliphatic heterocycles. The highest BCUT2D eigenvalue weighted by Gasteiger charge is 2.35. The molecule has 0 aromatic carbocycles. The normalized spacial score (nSPS) is 24.0. The Bertz CT molecular complexity index is 521. The lowest BCUT2D eigenvalue weighted by molar-refractivity contribution is -0.129. The van der Waals surface area contributed by atoms with Crippen LogP contribution in [-0.2, 0) is 16.1 Å². The first-order chi connectivity index (χ1) is 10.6. The van der Waals surface area contributed by atoms with Gasteiger partial charge in [0.2, 0.25) is 11.8 Å². The average molecular weight is 305 g/mol. The Kier molecular flexibility index (Phi) is 4.47. The summed E-state index contributed by atoms with van der Waals surface area (Å²) in [5, 5.41) is 3.11. The number of nitrogens with zero attached hydrogens (tertiary/aromatic N) is 2. The predicted molar refractivity (Wildman–Crippen MR) is 80.9 cm³/mol. The molecule has 2 fully saturated rings. The molecule has 6 nitrogen and oxygen atoms in total. The lowest BCUT2D eigenvalue weighted by Gasteiger charge is -2.30. The monoisotopic (exact) mass is 305 g/mol. The molecule has 0 spiro atoms. The largest absolute Gasteiger partial charge is 0.467 e. The number of hydrogen-bond acceptors (Lipinski definition) is 4. The van der Waals surface area contributed by atoms with E-state index >= 15 is 0 Å². The van der Waals surface area contributed by atoms with Crippen LogP contribution in [0.1, 0.15) is 25.0 Å². The van der Waals surface area contributed by atoms with E-state index in [2.05, 4.69) is 17.3 Å². The number of amides is 2. The van der Waals surface area contributed by atoms with Gasteiger partial charge in [-0.1, -0.05) is 0 Å². The zero-order chi connectivity index (χ0) is 15.5. The van der Waals surface area contributed by atoms with Crippen LogP contribution in [0.15, 0.2) is 22.8 Å². The third-order valence-corrected chi connectivity index (χ3v) is 4.58. The molecule has 3 heterocycles. The van der Waals surface area contributed by atoms with Gasteiger partial charge in [0, 0.05) is 19.0 Å². The maximum Gasteiger partial charge on any atom is 0.225 e. The fourth-order valence-electron chi connectivity index (χ4n) is 3.16. The van der Waals surface area contributed by atoms with E-state index in [4.69, 9.17) is 4.42 Å². The Morgan fingerprint density at radius 2 is 2.18 bits per heavy atom. The first kappa shape index (κ1) is 15.1. The molecule has 0 radical (unpaired) electrons. The van der Waals surface area contributed by atoms with Crippen molar-refractivity contribution in [2.45, 2.75) is 31.8 Å². The summed E-state index contributed by atoms with van der Waals surface area (Å²) in [6.07, 6.45) is 3.87. The molecular weight excluding hydrogens is 282 g/mol. The van der Waals surface area contributed by atoms with Crippen LogP contribution in [0.4, 0.5) is 0 Å². The highest BCUT2D eigenvalue weighted by molar-refractivity contribution is 5.89. The lowest BCUT2D eigenvalue weighted by Crippen LogP contribution is -2.45. The number of hydrogen-bond donors (Lipinski definition) is 1. The van der Waals surface area contributed by atoms with Gasteiger partial charge in [-0.05, 0) is 45.1 Å². The maximum atomic E-state index is 12.4. The van der Waals surface area contributed by atoms with Gasteiger partial charge in [-0.15, -0.1) is 0 Å². The fourth-order valence-corrected chi connectivity index (χ4v) is 3.16. The number of nitrogens with one attached hydrogen (secondary N) is 1. The van der Waals surface area contributed by atoms with Crippen molar-refractivity contribution in [3.63, 3.8) is 0 Å². The van der Waals surface area contributed by atoms with Gasteiger partial charge in [-0.2, -0.15) is 0 Å². The summed E-state index contributed by atoms with van der Waals surface area (Å²) in [5.74, 6) is 0.566. The zero-order valence-corrected chi connectivity index (χ0v) is 13.0. The van der Waals surface area contributed by atoms with E-state index in [9.17, 15) is 9.59 Å². The molecule has 0 aliphatic carbocycles. The van der Waals surface area contributed by atoms with E-state index in [0.717, 1.165) is 31.7 Å². The van der Waals surface area contributed by atoms with Gasteiger partial charge in [0.15, 0.2) is 0 Å². The van der Waals surface area contributed by atoms with Crippen molar-refractivity contribution < 1.29 is 14.0 Å². The molecule has 120 valence electrons. The second kappa shape index (κ2) is 6.52. The van der Waals surface area contributed by atoms with Crippen LogP contribution in [0.2, 0.25) is 0 Å². The first-order valence-electron chi connectivity index (χ1n) is 7.91. The van der Waals surface area contributed by atoms with Crippen LogP contribution in [0.5, 0.6) is 0 Å². The number of rotatable bonds is 4. The number of furan rings is 1. The minimum absolute atomic E-state index is 0.0184. The van der Waals surface area contributed by atoms with E-state index in [1.54, 1.807) is 17.2 Å². The quantitative estimate of drug-likeness (QED) is 0.895. The smallest absolute Gasteiger partial charge is 0.225 e. The van der Waals surface area contributed by atoms with Crippen LogP contribution in [-0.4, -0.2) is 54.3 Å². The Morgan fingerprint density at radius 1 is 1.41 bits per heavy atom. The van der Waals surface area contributed by atoms with E-state index < -0.39 is 0 Å². The summed E-state index contributed by atoms with van der Waals surface area (Å²) in [7, 11) is 2.10. The average Bonchev–Trinajstić information content (AvgIpc) is 3.13. The molecular formula is C16H23N3O3. The maximum absolute atomic E-state index is 12.4. The zero-order valence-electron chi connectivity index (χ0n) is 13.0. The van der Waals surface area contributed by atoms with E-state index in [0.29, 0.717) is 19.5 Å². The lowest BCUT2D eigenvalue weighted by atomic mass is 10.0. The molecule has 1 aromatic rings. The molecule has 2 aliphatic rings. The number of carbonyl (C=O) groups is 2. The topological polar surface area (TPSA) is 65.8 Å². The summed E-state index contributed by atoms with van der Waals surface area (Å²) >= 11 is 0. The Labute approximate surface area is 130 Å². The van der Waals surface area contributed by atoms with E-state index in [1.807, 2.05) is 6.07 Å². The molecule has 0 saturated carbocycles. The number of likely N-dealkylation sites (tertiary alicyclic amines) is 2. The molecule has 2 amide bonds. The standard InChI is InChI=1S/C16H23N3O3/c1-18-6-4-13(5-7-18)17-16(21)12-9-15(20)19(10-12)11-14-3-2-8-22-14/h2-3,8,12-13H,4-7,9-11H2,1H3,(H,17,21). The summed E-state index contributed by atoms with van der Waals surface area (Å²) in [4.78, 5) is 28.4. The van der Waals surface area contributed by atoms with Crippen LogP contribution in [0, 0.1) is 5.92 Å². The fraction of sp³-hybridized carbons (Fsp3) is 0.625. The Balaban J connectivity index is 1.50. The van der Waals surface area contributed by atoms with Gasteiger partial charge >= 0.3 is 0 Å². The molecule has 0 bridgehead atoms. The van der Waals surface area contributed by atoms with Gasteiger partial charge in [0.05, 0.1) is 18.7 Å². The van der Waals surface area contributed by atoms with Crippen LogP contribution < -0.4 is 5.32 Å². The second-order valence-corrected chi connectivity index (χ2v) is 6.34. The third kappa shape index (κ3) is 3.50. The molecule has 22 heavy (non-hydrogen) atoms. The van der Waals surface area contributed by atoms with Gasteiger partial charge in [-0.3, -0.25) is 9.59 Å². The van der Waals surface area contributed by atoms with Crippen molar-refractivity contribution in [1.82, 2.24) is 15.1 Å². The van der Waals surface area contributed by atoms with Gasteiger partial charge < -0.3 is 19.5 Å². The first-order valence-corrected chi connectivity index (χ1v) is 7.91. The highest BCUT2D eigenvalue weighted by atomic mass is 16.3. The summed E-state index contributed by atoms with van der Waals surface area (Å²) < 4.78 is 5.27. The van der Waals surface area contributed by atoms with Crippen molar-refractivity contribution in [3.05, 3.63) is 24.2 Å².